The summed E-state index contributed by atoms with van der Waals surface area (Å²) in [6, 6.07) is 7.95. The van der Waals surface area contributed by atoms with Gasteiger partial charge in [0.2, 0.25) is 0 Å². The second kappa shape index (κ2) is 11.8. The van der Waals surface area contributed by atoms with Crippen molar-refractivity contribution in [3.05, 3.63) is 29.8 Å². The van der Waals surface area contributed by atoms with E-state index in [0.29, 0.717) is 12.5 Å². The molecule has 0 aromatic heterocycles. The molecule has 2 N–H and O–H groups in total. The minimum absolute atomic E-state index is 0.630. The first-order valence-corrected chi connectivity index (χ1v) is 8.31. The van der Waals surface area contributed by atoms with Gasteiger partial charge in [-0.2, -0.15) is 0 Å². The van der Waals surface area contributed by atoms with E-state index in [1.807, 2.05) is 24.3 Å². The second-order valence-electron chi connectivity index (χ2n) is 5.86. The molecule has 130 valence electrons. The van der Waals surface area contributed by atoms with Crippen LogP contribution in [0.5, 0.6) is 5.75 Å². The Balaban J connectivity index is 2.07. The SMILES string of the molecule is CN=C(NCCCOCc1ccc(OC)cc1)NCCC(C)C. The summed E-state index contributed by atoms with van der Waals surface area (Å²) in [6.07, 6.45) is 2.09. The highest BCUT2D eigenvalue weighted by molar-refractivity contribution is 5.79. The van der Waals surface area contributed by atoms with Gasteiger partial charge in [0, 0.05) is 26.7 Å². The number of methoxy groups -OCH3 is 1. The summed E-state index contributed by atoms with van der Waals surface area (Å²) in [5, 5.41) is 6.61. The highest BCUT2D eigenvalue weighted by Gasteiger charge is 1.99. The predicted octanol–water partition coefficient (Wildman–Crippen LogP) is 2.81. The van der Waals surface area contributed by atoms with Crippen molar-refractivity contribution >= 4 is 5.96 Å². The number of hydrogen-bond acceptors (Lipinski definition) is 3. The standard InChI is InChI=1S/C18H31N3O2/c1-15(2)10-12-21-18(19-3)20-11-5-13-23-14-16-6-8-17(22-4)9-7-16/h6-9,15H,5,10-14H2,1-4H3,(H2,19,20,21). The number of aliphatic imine (C=N–C) groups is 1. The van der Waals surface area contributed by atoms with E-state index in [1.165, 1.54) is 0 Å². The summed E-state index contributed by atoms with van der Waals surface area (Å²) >= 11 is 0. The lowest BCUT2D eigenvalue weighted by molar-refractivity contribution is 0.119. The zero-order valence-electron chi connectivity index (χ0n) is 14.9. The van der Waals surface area contributed by atoms with Crippen molar-refractivity contribution < 1.29 is 9.47 Å². The summed E-state index contributed by atoms with van der Waals surface area (Å²) in [7, 11) is 3.47. The average molecular weight is 321 g/mol. The number of ether oxygens (including phenoxy) is 2. The normalized spacial score (nSPS) is 11.6. The molecule has 1 aromatic rings. The summed E-state index contributed by atoms with van der Waals surface area (Å²) in [4.78, 5) is 4.21. The Morgan fingerprint density at radius 2 is 1.83 bits per heavy atom. The number of hydrogen-bond donors (Lipinski definition) is 2. The van der Waals surface area contributed by atoms with Gasteiger partial charge in [-0.1, -0.05) is 26.0 Å². The van der Waals surface area contributed by atoms with Gasteiger partial charge in [-0.15, -0.1) is 0 Å². The van der Waals surface area contributed by atoms with Gasteiger partial charge in [-0.05, 0) is 36.5 Å². The number of nitrogens with zero attached hydrogens (tertiary/aromatic N) is 1. The molecule has 1 rings (SSSR count). The fraction of sp³-hybridized carbons (Fsp3) is 0.611. The van der Waals surface area contributed by atoms with Crippen molar-refractivity contribution in [2.45, 2.75) is 33.3 Å². The second-order valence-corrected chi connectivity index (χ2v) is 5.86. The average Bonchev–Trinajstić information content (AvgIpc) is 2.56. The van der Waals surface area contributed by atoms with Gasteiger partial charge < -0.3 is 20.1 Å². The molecule has 0 radical (unpaired) electrons. The lowest BCUT2D eigenvalue weighted by atomic mass is 10.1. The Morgan fingerprint density at radius 3 is 2.43 bits per heavy atom. The Morgan fingerprint density at radius 1 is 1.13 bits per heavy atom. The molecule has 0 spiro atoms. The fourth-order valence-corrected chi connectivity index (χ4v) is 1.99. The zero-order valence-corrected chi connectivity index (χ0v) is 14.9. The van der Waals surface area contributed by atoms with E-state index in [2.05, 4.69) is 29.5 Å². The third-order valence-corrected chi connectivity index (χ3v) is 3.42. The van der Waals surface area contributed by atoms with Crippen molar-refractivity contribution in [3.63, 3.8) is 0 Å². The summed E-state index contributed by atoms with van der Waals surface area (Å²) in [6.45, 7) is 7.60. The topological polar surface area (TPSA) is 54.9 Å². The Kier molecular flexibility index (Phi) is 9.87. The molecule has 23 heavy (non-hydrogen) atoms. The molecule has 1 aromatic carbocycles. The predicted molar refractivity (Wildman–Crippen MR) is 96.1 cm³/mol. The molecule has 0 aliphatic heterocycles. The van der Waals surface area contributed by atoms with E-state index in [9.17, 15) is 0 Å². The quantitative estimate of drug-likeness (QED) is 0.395. The summed E-state index contributed by atoms with van der Waals surface area (Å²) in [5.74, 6) is 2.43. The molecule has 5 heteroatoms. The Labute approximate surface area is 140 Å². The van der Waals surface area contributed by atoms with E-state index < -0.39 is 0 Å². The van der Waals surface area contributed by atoms with Crippen LogP contribution in [0.4, 0.5) is 0 Å². The molecule has 0 amide bonds. The van der Waals surface area contributed by atoms with E-state index in [4.69, 9.17) is 9.47 Å². The fourth-order valence-electron chi connectivity index (χ4n) is 1.99. The van der Waals surface area contributed by atoms with Gasteiger partial charge in [0.15, 0.2) is 5.96 Å². The minimum atomic E-state index is 0.630. The monoisotopic (exact) mass is 321 g/mol. The third-order valence-electron chi connectivity index (χ3n) is 3.42. The Bertz CT molecular complexity index is 444. The minimum Gasteiger partial charge on any atom is -0.497 e. The van der Waals surface area contributed by atoms with Crippen LogP contribution in [0.25, 0.3) is 0 Å². The first kappa shape index (κ1) is 19.3. The highest BCUT2D eigenvalue weighted by Crippen LogP contribution is 2.11. The molecule has 0 atom stereocenters. The van der Waals surface area contributed by atoms with Crippen LogP contribution in [0.1, 0.15) is 32.3 Å². The molecule has 0 aliphatic rings. The molecule has 0 bridgehead atoms. The summed E-state index contributed by atoms with van der Waals surface area (Å²) in [5.41, 5.74) is 1.16. The van der Waals surface area contributed by atoms with Crippen LogP contribution >= 0.6 is 0 Å². The number of guanidine groups is 1. The van der Waals surface area contributed by atoms with Crippen LogP contribution < -0.4 is 15.4 Å². The van der Waals surface area contributed by atoms with Gasteiger partial charge in [0.25, 0.3) is 0 Å². The summed E-state index contributed by atoms with van der Waals surface area (Å²) < 4.78 is 10.8. The van der Waals surface area contributed by atoms with Crippen LogP contribution in [-0.4, -0.2) is 39.8 Å². The van der Waals surface area contributed by atoms with Gasteiger partial charge >= 0.3 is 0 Å². The van der Waals surface area contributed by atoms with E-state index in [0.717, 1.165) is 49.8 Å². The van der Waals surface area contributed by atoms with Crippen LogP contribution in [-0.2, 0) is 11.3 Å². The van der Waals surface area contributed by atoms with Crippen molar-refractivity contribution in [3.8, 4) is 5.75 Å². The molecule has 0 saturated heterocycles. The van der Waals surface area contributed by atoms with Gasteiger partial charge in [0.1, 0.15) is 5.75 Å². The van der Waals surface area contributed by atoms with Crippen molar-refractivity contribution in [1.29, 1.82) is 0 Å². The smallest absolute Gasteiger partial charge is 0.190 e. The van der Waals surface area contributed by atoms with Gasteiger partial charge in [0.05, 0.1) is 13.7 Å². The first-order chi connectivity index (χ1) is 11.2. The Hall–Kier alpha value is -1.75. The molecule has 0 unspecified atom stereocenters. The number of rotatable bonds is 10. The largest absolute Gasteiger partial charge is 0.497 e. The maximum Gasteiger partial charge on any atom is 0.190 e. The maximum absolute atomic E-state index is 5.68. The van der Waals surface area contributed by atoms with Crippen LogP contribution in [0, 0.1) is 5.92 Å². The molecular formula is C18H31N3O2. The first-order valence-electron chi connectivity index (χ1n) is 8.31. The molecular weight excluding hydrogens is 290 g/mol. The number of benzene rings is 1. The third kappa shape index (κ3) is 9.08. The van der Waals surface area contributed by atoms with E-state index >= 15 is 0 Å². The van der Waals surface area contributed by atoms with Gasteiger partial charge in [-0.25, -0.2) is 0 Å². The van der Waals surface area contributed by atoms with Gasteiger partial charge in [-0.3, -0.25) is 4.99 Å². The van der Waals surface area contributed by atoms with Crippen molar-refractivity contribution in [1.82, 2.24) is 10.6 Å². The maximum atomic E-state index is 5.68. The lowest BCUT2D eigenvalue weighted by Crippen LogP contribution is -2.38. The van der Waals surface area contributed by atoms with Crippen molar-refractivity contribution in [2.24, 2.45) is 10.9 Å². The zero-order chi connectivity index (χ0) is 16.9. The molecule has 0 fully saturated rings. The molecule has 0 aliphatic carbocycles. The molecule has 0 heterocycles. The lowest BCUT2D eigenvalue weighted by Gasteiger charge is -2.13. The highest BCUT2D eigenvalue weighted by atomic mass is 16.5. The van der Waals surface area contributed by atoms with E-state index in [-0.39, 0.29) is 0 Å². The van der Waals surface area contributed by atoms with E-state index in [1.54, 1.807) is 14.2 Å². The van der Waals surface area contributed by atoms with Crippen LogP contribution in [0.3, 0.4) is 0 Å². The molecule has 0 saturated carbocycles. The van der Waals surface area contributed by atoms with Crippen molar-refractivity contribution in [2.75, 3.05) is 33.9 Å². The van der Waals surface area contributed by atoms with Crippen LogP contribution in [0.15, 0.2) is 29.3 Å². The van der Waals surface area contributed by atoms with Crippen LogP contribution in [0.2, 0.25) is 0 Å². The molecule has 5 nitrogen and oxygen atoms in total. The number of nitrogens with one attached hydrogen (secondary N) is 2.